The first-order valence-corrected chi connectivity index (χ1v) is 11.3. The van der Waals surface area contributed by atoms with Crippen LogP contribution in [0, 0.1) is 0 Å². The minimum absolute atomic E-state index is 0.767. The number of rotatable bonds is 4. The third-order valence-corrected chi connectivity index (χ3v) is 6.77. The average molecular weight is 427 g/mol. The Bertz CT molecular complexity index is 916. The first-order chi connectivity index (χ1) is 13.7. The molecule has 0 unspecified atom stereocenters. The summed E-state index contributed by atoms with van der Waals surface area (Å²) >= 11 is 8.92. The Morgan fingerprint density at radius 2 is 1.68 bits per heavy atom. The van der Waals surface area contributed by atoms with Crippen LogP contribution in [0.1, 0.15) is 0 Å². The highest BCUT2D eigenvalue weighted by Gasteiger charge is 2.17. The lowest BCUT2D eigenvalue weighted by atomic mass is 10.2. The zero-order chi connectivity index (χ0) is 19.3. The van der Waals surface area contributed by atoms with Crippen molar-refractivity contribution in [2.75, 3.05) is 38.5 Å². The molecule has 1 aliphatic rings. The number of hydrogen-bond donors (Lipinski definition) is 1. The van der Waals surface area contributed by atoms with Crippen LogP contribution in [0.2, 0.25) is 0 Å². The molecular formula is C21H22N4S3. The molecule has 3 aromatic rings. The second-order valence-corrected chi connectivity index (χ2v) is 9.09. The lowest BCUT2D eigenvalue weighted by Gasteiger charge is -2.33. The molecule has 1 aromatic heterocycles. The Morgan fingerprint density at radius 1 is 1.00 bits per heavy atom. The summed E-state index contributed by atoms with van der Waals surface area (Å²) < 4.78 is 0. The second kappa shape index (κ2) is 9.05. The van der Waals surface area contributed by atoms with E-state index < -0.39 is 0 Å². The molecule has 0 aliphatic carbocycles. The van der Waals surface area contributed by atoms with Gasteiger partial charge < -0.3 is 15.1 Å². The number of thiazole rings is 1. The largest absolute Gasteiger partial charge is 0.346 e. The van der Waals surface area contributed by atoms with Crippen LogP contribution in [0.4, 0.5) is 5.13 Å². The van der Waals surface area contributed by atoms with E-state index in [1.807, 2.05) is 6.07 Å². The van der Waals surface area contributed by atoms with Gasteiger partial charge >= 0.3 is 0 Å². The molecule has 0 amide bonds. The second-order valence-electron chi connectivity index (χ2n) is 6.70. The minimum Gasteiger partial charge on any atom is -0.346 e. The highest BCUT2D eigenvalue weighted by atomic mass is 32.2. The predicted molar refractivity (Wildman–Crippen MR) is 123 cm³/mol. The fourth-order valence-electron chi connectivity index (χ4n) is 2.96. The van der Waals surface area contributed by atoms with Gasteiger partial charge in [0.25, 0.3) is 0 Å². The van der Waals surface area contributed by atoms with E-state index in [4.69, 9.17) is 17.2 Å². The molecule has 0 spiro atoms. The highest BCUT2D eigenvalue weighted by molar-refractivity contribution is 7.99. The Balaban J connectivity index is 1.38. The first-order valence-electron chi connectivity index (χ1n) is 9.21. The lowest BCUT2D eigenvalue weighted by Crippen LogP contribution is -2.48. The number of anilines is 1. The van der Waals surface area contributed by atoms with Crippen molar-refractivity contribution >= 4 is 45.6 Å². The molecule has 0 radical (unpaired) electrons. The van der Waals surface area contributed by atoms with Gasteiger partial charge in [0.1, 0.15) is 0 Å². The van der Waals surface area contributed by atoms with E-state index in [9.17, 15) is 0 Å². The maximum Gasteiger partial charge on any atom is 0.189 e. The van der Waals surface area contributed by atoms with E-state index in [0.29, 0.717) is 0 Å². The first kappa shape index (κ1) is 19.4. The Labute approximate surface area is 179 Å². The maximum absolute atomic E-state index is 5.56. The number of nitrogens with one attached hydrogen (secondary N) is 1. The van der Waals surface area contributed by atoms with E-state index in [2.05, 4.69) is 76.1 Å². The van der Waals surface area contributed by atoms with Gasteiger partial charge in [0.15, 0.2) is 10.2 Å². The third-order valence-electron chi connectivity index (χ3n) is 4.64. The van der Waals surface area contributed by atoms with Crippen molar-refractivity contribution in [3.8, 4) is 11.3 Å². The van der Waals surface area contributed by atoms with Crippen LogP contribution in [0.25, 0.3) is 11.3 Å². The maximum atomic E-state index is 5.56. The summed E-state index contributed by atoms with van der Waals surface area (Å²) in [5.74, 6) is 0. The van der Waals surface area contributed by atoms with Gasteiger partial charge in [-0.25, -0.2) is 4.98 Å². The summed E-state index contributed by atoms with van der Waals surface area (Å²) in [5.41, 5.74) is 2.09. The molecule has 1 N–H and O–H groups in total. The van der Waals surface area contributed by atoms with Gasteiger partial charge in [0.05, 0.1) is 5.69 Å². The fourth-order valence-corrected chi connectivity index (χ4v) is 4.86. The molecule has 1 fully saturated rings. The normalized spacial score (nSPS) is 14.8. The predicted octanol–water partition coefficient (Wildman–Crippen LogP) is 4.91. The fraction of sp³-hybridized carbons (Fsp3) is 0.238. The number of nitrogens with zero attached hydrogens (tertiary/aromatic N) is 3. The highest BCUT2D eigenvalue weighted by Crippen LogP contribution is 2.30. The third kappa shape index (κ3) is 4.91. The lowest BCUT2D eigenvalue weighted by molar-refractivity contribution is 0.217. The van der Waals surface area contributed by atoms with Crippen LogP contribution in [0.15, 0.2) is 69.8 Å². The summed E-state index contributed by atoms with van der Waals surface area (Å²) in [4.78, 5) is 11.7. The molecule has 4 nitrogen and oxygen atoms in total. The van der Waals surface area contributed by atoms with Crippen molar-refractivity contribution in [3.05, 3.63) is 60.0 Å². The van der Waals surface area contributed by atoms with Crippen LogP contribution in [-0.2, 0) is 0 Å². The summed E-state index contributed by atoms with van der Waals surface area (Å²) in [6.45, 7) is 4.00. The summed E-state index contributed by atoms with van der Waals surface area (Å²) in [6, 6.07) is 19.0. The number of aromatic nitrogens is 1. The van der Waals surface area contributed by atoms with Crippen molar-refractivity contribution in [1.29, 1.82) is 0 Å². The van der Waals surface area contributed by atoms with Crippen molar-refractivity contribution in [1.82, 2.24) is 14.8 Å². The van der Waals surface area contributed by atoms with Crippen molar-refractivity contribution < 1.29 is 0 Å². The number of hydrogen-bond acceptors (Lipinski definition) is 5. The van der Waals surface area contributed by atoms with Gasteiger partial charge in [0, 0.05) is 46.9 Å². The number of piperazine rings is 1. The van der Waals surface area contributed by atoms with Crippen LogP contribution in [0.5, 0.6) is 0 Å². The Hall–Kier alpha value is -1.93. The molecule has 0 atom stereocenters. The van der Waals surface area contributed by atoms with E-state index in [0.717, 1.165) is 47.7 Å². The molecule has 1 aliphatic heterocycles. The molecular weight excluding hydrogens is 404 g/mol. The van der Waals surface area contributed by atoms with Crippen LogP contribution < -0.4 is 5.32 Å². The molecule has 0 bridgehead atoms. The zero-order valence-corrected chi connectivity index (χ0v) is 18.1. The van der Waals surface area contributed by atoms with Crippen molar-refractivity contribution in [2.24, 2.45) is 0 Å². The zero-order valence-electron chi connectivity index (χ0n) is 15.7. The summed E-state index contributed by atoms with van der Waals surface area (Å²) in [6.07, 6.45) is 0. The number of benzene rings is 2. The molecule has 7 heteroatoms. The molecule has 4 rings (SSSR count). The molecule has 0 saturated carbocycles. The molecule has 2 heterocycles. The van der Waals surface area contributed by atoms with Crippen molar-refractivity contribution in [3.63, 3.8) is 0 Å². The smallest absolute Gasteiger partial charge is 0.189 e. The van der Waals surface area contributed by atoms with Crippen molar-refractivity contribution in [2.45, 2.75) is 9.79 Å². The van der Waals surface area contributed by atoms with Crippen LogP contribution in [-0.4, -0.2) is 53.1 Å². The van der Waals surface area contributed by atoms with Gasteiger partial charge in [-0.2, -0.15) is 0 Å². The number of thiocarbonyl (C=S) groups is 1. The van der Waals surface area contributed by atoms with E-state index in [-0.39, 0.29) is 0 Å². The summed E-state index contributed by atoms with van der Waals surface area (Å²) in [5, 5.41) is 7.00. The Kier molecular flexibility index (Phi) is 6.26. The minimum atomic E-state index is 0.767. The van der Waals surface area contributed by atoms with Crippen LogP contribution >= 0.6 is 35.3 Å². The molecule has 1 saturated heterocycles. The van der Waals surface area contributed by atoms with Gasteiger partial charge in [-0.1, -0.05) is 42.1 Å². The standard InChI is InChI=1S/C21H22N4S3/c1-24-11-13-25(14-12-24)21(26)23-20-22-19(15-27-20)16-7-9-18(10-8-16)28-17-5-3-2-4-6-17/h2-10,15H,11-14H2,1H3,(H,22,23,26). The van der Waals surface area contributed by atoms with E-state index in [1.165, 1.54) is 9.79 Å². The Morgan fingerprint density at radius 3 is 2.39 bits per heavy atom. The average Bonchev–Trinajstić information content (AvgIpc) is 3.18. The summed E-state index contributed by atoms with van der Waals surface area (Å²) in [7, 11) is 2.14. The van der Waals surface area contributed by atoms with Gasteiger partial charge in [-0.3, -0.25) is 0 Å². The van der Waals surface area contributed by atoms with Crippen LogP contribution in [0.3, 0.4) is 0 Å². The van der Waals surface area contributed by atoms with Gasteiger partial charge in [-0.05, 0) is 43.5 Å². The SMILES string of the molecule is CN1CCN(C(=S)Nc2nc(-c3ccc(Sc4ccccc4)cc3)cs2)CC1. The topological polar surface area (TPSA) is 31.4 Å². The van der Waals surface area contributed by atoms with E-state index >= 15 is 0 Å². The molecule has 2 aromatic carbocycles. The monoisotopic (exact) mass is 426 g/mol. The quantitative estimate of drug-likeness (QED) is 0.597. The molecule has 28 heavy (non-hydrogen) atoms. The van der Waals surface area contributed by atoms with E-state index in [1.54, 1.807) is 23.1 Å². The number of likely N-dealkylation sites (N-methyl/N-ethyl adjacent to an activating group) is 1. The van der Waals surface area contributed by atoms with Gasteiger partial charge in [-0.15, -0.1) is 11.3 Å². The molecule has 144 valence electrons. The van der Waals surface area contributed by atoms with Gasteiger partial charge in [0.2, 0.25) is 0 Å².